The Labute approximate surface area is 134 Å². The first kappa shape index (κ1) is 16.2. The molecule has 1 N–H and O–H groups in total. The van der Waals surface area contributed by atoms with E-state index in [1.54, 1.807) is 0 Å². The molecule has 0 unspecified atom stereocenters. The van der Waals surface area contributed by atoms with Crippen molar-refractivity contribution in [1.29, 1.82) is 0 Å². The summed E-state index contributed by atoms with van der Waals surface area (Å²) in [6.07, 6.45) is 1.12. The van der Waals surface area contributed by atoms with Gasteiger partial charge in [-0.2, -0.15) is 0 Å². The Morgan fingerprint density at radius 2 is 2.16 bits per heavy atom. The number of oxime groups is 1. The molecule has 1 aromatic rings. The number of carbonyl (C=O) groups is 1. The second-order valence-electron chi connectivity index (χ2n) is 4.21. The minimum absolute atomic E-state index is 0. The second-order valence-corrected chi connectivity index (χ2v) is 4.21. The van der Waals surface area contributed by atoms with Crippen molar-refractivity contribution < 1.29 is 44.3 Å². The number of rotatable bonds is 4. The molecule has 1 heterocycles. The number of hydrogen-bond donors (Lipinski definition) is 1. The number of nitrogens with one attached hydrogen (secondary N) is 1. The van der Waals surface area contributed by atoms with Crippen LogP contribution in [0.25, 0.3) is 0 Å². The summed E-state index contributed by atoms with van der Waals surface area (Å²) in [4.78, 5) is 15.9. The minimum Gasteiger partial charge on any atom is -0.548 e. The molecule has 0 aromatic heterocycles. The van der Waals surface area contributed by atoms with Gasteiger partial charge in [0.1, 0.15) is 6.61 Å². The van der Waals surface area contributed by atoms with Crippen LogP contribution in [-0.4, -0.2) is 24.3 Å². The summed E-state index contributed by atoms with van der Waals surface area (Å²) >= 11 is 0. The van der Waals surface area contributed by atoms with Gasteiger partial charge in [-0.25, -0.2) is 0 Å². The SMILES string of the molecule is O=C([O-])[C@@H]1CCC(=NOCc2ccccc2)CN1.[Na+]. The molecule has 0 spiro atoms. The molecule has 1 atom stereocenters. The third-order valence-electron chi connectivity index (χ3n) is 2.83. The zero-order valence-corrected chi connectivity index (χ0v) is 13.0. The number of benzene rings is 1. The van der Waals surface area contributed by atoms with Crippen molar-refractivity contribution in [3.63, 3.8) is 0 Å². The summed E-state index contributed by atoms with van der Waals surface area (Å²) in [5.74, 6) is -1.06. The largest absolute Gasteiger partial charge is 1.00 e. The van der Waals surface area contributed by atoms with Crippen LogP contribution < -0.4 is 40.0 Å². The first-order chi connectivity index (χ1) is 8.75. The van der Waals surface area contributed by atoms with Crippen LogP contribution in [0.1, 0.15) is 18.4 Å². The minimum atomic E-state index is -1.06. The molecule has 1 aliphatic heterocycles. The molecule has 0 saturated carbocycles. The molecule has 96 valence electrons. The molecular weight excluding hydrogens is 255 g/mol. The first-order valence-corrected chi connectivity index (χ1v) is 5.91. The van der Waals surface area contributed by atoms with Gasteiger partial charge in [-0.1, -0.05) is 35.5 Å². The monoisotopic (exact) mass is 270 g/mol. The maximum Gasteiger partial charge on any atom is 1.00 e. The Bertz CT molecular complexity index is 427. The van der Waals surface area contributed by atoms with E-state index in [1.807, 2.05) is 30.3 Å². The Morgan fingerprint density at radius 1 is 1.42 bits per heavy atom. The quantitative estimate of drug-likeness (QED) is 0.469. The van der Waals surface area contributed by atoms with Crippen molar-refractivity contribution in [2.24, 2.45) is 5.16 Å². The summed E-state index contributed by atoms with van der Waals surface area (Å²) < 4.78 is 0. The van der Waals surface area contributed by atoms with E-state index in [1.165, 1.54) is 0 Å². The second kappa shape index (κ2) is 8.32. The number of carboxylic acids is 1. The van der Waals surface area contributed by atoms with Gasteiger partial charge in [0.2, 0.25) is 0 Å². The average molecular weight is 270 g/mol. The molecule has 6 heteroatoms. The summed E-state index contributed by atoms with van der Waals surface area (Å²) in [5, 5.41) is 17.5. The van der Waals surface area contributed by atoms with Crippen molar-refractivity contribution in [3.05, 3.63) is 35.9 Å². The van der Waals surface area contributed by atoms with E-state index in [-0.39, 0.29) is 29.6 Å². The van der Waals surface area contributed by atoms with Crippen LogP contribution in [0.2, 0.25) is 0 Å². The molecule has 0 amide bonds. The summed E-state index contributed by atoms with van der Waals surface area (Å²) in [6, 6.07) is 9.19. The molecule has 1 aromatic carbocycles. The molecule has 2 rings (SSSR count). The molecule has 19 heavy (non-hydrogen) atoms. The van der Waals surface area contributed by atoms with Gasteiger partial charge in [0.25, 0.3) is 0 Å². The maximum atomic E-state index is 10.6. The third-order valence-corrected chi connectivity index (χ3v) is 2.83. The Kier molecular flexibility index (Phi) is 7.09. The molecular formula is C13H15N2NaO3. The first-order valence-electron chi connectivity index (χ1n) is 5.91. The van der Waals surface area contributed by atoms with Crippen LogP contribution in [0.3, 0.4) is 0 Å². The summed E-state index contributed by atoms with van der Waals surface area (Å²) in [6.45, 7) is 0.863. The molecule has 0 aliphatic carbocycles. The maximum absolute atomic E-state index is 10.6. The number of hydrogen-bond acceptors (Lipinski definition) is 5. The van der Waals surface area contributed by atoms with E-state index >= 15 is 0 Å². The molecule has 5 nitrogen and oxygen atoms in total. The summed E-state index contributed by atoms with van der Waals surface area (Å²) in [5.41, 5.74) is 1.89. The van der Waals surface area contributed by atoms with Crippen molar-refractivity contribution >= 4 is 11.7 Å². The van der Waals surface area contributed by atoms with Crippen LogP contribution in [0.5, 0.6) is 0 Å². The van der Waals surface area contributed by atoms with Crippen LogP contribution in [0, 0.1) is 0 Å². The number of nitrogens with zero attached hydrogens (tertiary/aromatic N) is 1. The van der Waals surface area contributed by atoms with Crippen molar-refractivity contribution in [1.82, 2.24) is 5.32 Å². The van der Waals surface area contributed by atoms with Gasteiger partial charge in [-0.15, -0.1) is 0 Å². The van der Waals surface area contributed by atoms with Gasteiger partial charge in [0.05, 0.1) is 11.7 Å². The van der Waals surface area contributed by atoms with Crippen molar-refractivity contribution in [2.75, 3.05) is 6.54 Å². The zero-order valence-electron chi connectivity index (χ0n) is 11.0. The fourth-order valence-electron chi connectivity index (χ4n) is 1.79. The average Bonchev–Trinajstić information content (AvgIpc) is 2.40. The van der Waals surface area contributed by atoms with Crippen LogP contribution >= 0.6 is 0 Å². The Morgan fingerprint density at radius 3 is 2.74 bits per heavy atom. The van der Waals surface area contributed by atoms with Crippen LogP contribution in [0.4, 0.5) is 0 Å². The Hall–Kier alpha value is -0.880. The van der Waals surface area contributed by atoms with E-state index in [9.17, 15) is 9.90 Å². The standard InChI is InChI=1S/C13H16N2O3.Na/c16-13(17)12-7-6-11(8-14-12)15-18-9-10-4-2-1-3-5-10;/h1-5,12,14H,6-9H2,(H,16,17);/q;+1/p-1/t12-;/m0./s1. The predicted molar refractivity (Wildman–Crippen MR) is 64.7 cm³/mol. The van der Waals surface area contributed by atoms with E-state index in [0.717, 1.165) is 11.3 Å². The van der Waals surface area contributed by atoms with Gasteiger partial charge in [0, 0.05) is 12.6 Å². The number of carbonyl (C=O) groups excluding carboxylic acids is 1. The van der Waals surface area contributed by atoms with Crippen molar-refractivity contribution in [2.45, 2.75) is 25.5 Å². The third kappa shape index (κ3) is 5.32. The van der Waals surface area contributed by atoms with Gasteiger partial charge >= 0.3 is 29.6 Å². The van der Waals surface area contributed by atoms with E-state index < -0.39 is 12.0 Å². The Balaban J connectivity index is 0.00000180. The molecule has 1 aliphatic rings. The fourth-order valence-corrected chi connectivity index (χ4v) is 1.79. The molecule has 0 bridgehead atoms. The molecule has 1 saturated heterocycles. The van der Waals surface area contributed by atoms with Gasteiger partial charge in [0.15, 0.2) is 0 Å². The van der Waals surface area contributed by atoms with Gasteiger partial charge < -0.3 is 20.1 Å². The van der Waals surface area contributed by atoms with E-state index in [0.29, 0.717) is 26.0 Å². The predicted octanol–water partition coefficient (Wildman–Crippen LogP) is -2.93. The van der Waals surface area contributed by atoms with Gasteiger partial charge in [-0.3, -0.25) is 0 Å². The van der Waals surface area contributed by atoms with Crippen LogP contribution in [-0.2, 0) is 16.2 Å². The topological polar surface area (TPSA) is 73.8 Å². The molecule has 0 radical (unpaired) electrons. The van der Waals surface area contributed by atoms with Crippen molar-refractivity contribution in [3.8, 4) is 0 Å². The number of carboxylic acid groups (broad SMARTS) is 1. The van der Waals surface area contributed by atoms with Gasteiger partial charge in [-0.05, 0) is 18.4 Å². The zero-order chi connectivity index (χ0) is 12.8. The smallest absolute Gasteiger partial charge is 0.548 e. The molecule has 1 fully saturated rings. The van der Waals surface area contributed by atoms with E-state index in [2.05, 4.69) is 10.5 Å². The van der Waals surface area contributed by atoms with E-state index in [4.69, 9.17) is 4.84 Å². The number of aliphatic carboxylic acids is 1. The normalized spacial score (nSPS) is 20.6. The fraction of sp³-hybridized carbons (Fsp3) is 0.385. The number of piperidine rings is 1. The summed E-state index contributed by atoms with van der Waals surface area (Å²) in [7, 11) is 0. The van der Waals surface area contributed by atoms with Crippen LogP contribution in [0.15, 0.2) is 35.5 Å².